The van der Waals surface area contributed by atoms with E-state index in [-0.39, 0.29) is 0 Å². The van der Waals surface area contributed by atoms with Crippen molar-refractivity contribution < 1.29 is 0 Å². The van der Waals surface area contributed by atoms with Gasteiger partial charge in [0, 0.05) is 5.56 Å². The van der Waals surface area contributed by atoms with E-state index >= 15 is 0 Å². The molecule has 0 N–H and O–H groups in total. The Bertz CT molecular complexity index is 1950. The van der Waals surface area contributed by atoms with Crippen molar-refractivity contribution in [2.24, 2.45) is 0 Å². The van der Waals surface area contributed by atoms with Gasteiger partial charge in [-0.3, -0.25) is 0 Å². The molecular weight excluding hydrogens is 478 g/mol. The largest absolute Gasteiger partial charge is 0.236 e. The van der Waals surface area contributed by atoms with Crippen LogP contribution in [0.2, 0.25) is 0 Å². The average molecular weight is 502 g/mol. The van der Waals surface area contributed by atoms with Gasteiger partial charge in [0.25, 0.3) is 0 Å². The number of hydrogen-bond donors (Lipinski definition) is 0. The summed E-state index contributed by atoms with van der Waals surface area (Å²) >= 11 is 1.76. The minimum absolute atomic E-state index is 0.427. The van der Waals surface area contributed by atoms with Crippen molar-refractivity contribution in [2.75, 3.05) is 0 Å². The van der Waals surface area contributed by atoms with Gasteiger partial charge >= 0.3 is 0 Å². The van der Waals surface area contributed by atoms with Crippen LogP contribution < -0.4 is 0 Å². The number of thiazole rings is 1. The number of aromatic nitrogens is 1. The molecule has 1 atom stereocenters. The first-order valence-electron chi connectivity index (χ1n) is 13.0. The summed E-state index contributed by atoms with van der Waals surface area (Å²) in [6.45, 7) is 0. The van der Waals surface area contributed by atoms with Gasteiger partial charge in [-0.15, -0.1) is 11.3 Å². The van der Waals surface area contributed by atoms with Crippen LogP contribution in [0.4, 0.5) is 0 Å². The third-order valence-electron chi connectivity index (χ3n) is 7.97. The second-order valence-electron chi connectivity index (χ2n) is 9.97. The number of para-hydroxylation sites is 1. The lowest BCUT2D eigenvalue weighted by molar-refractivity contribution is 0.770. The zero-order chi connectivity index (χ0) is 25.1. The molecule has 2 heteroatoms. The number of benzene rings is 6. The third-order valence-corrected chi connectivity index (χ3v) is 9.06. The van der Waals surface area contributed by atoms with Crippen LogP contribution in [-0.2, 0) is 5.41 Å². The van der Waals surface area contributed by atoms with Gasteiger partial charge in [-0.05, 0) is 68.4 Å². The van der Waals surface area contributed by atoms with Crippen LogP contribution in [-0.4, -0.2) is 4.98 Å². The van der Waals surface area contributed by atoms with E-state index in [4.69, 9.17) is 4.98 Å². The van der Waals surface area contributed by atoms with Crippen molar-refractivity contribution in [3.05, 3.63) is 162 Å². The molecule has 8 rings (SSSR count). The molecular formula is C36H23NS. The lowest BCUT2D eigenvalue weighted by Gasteiger charge is -2.34. The Labute approximate surface area is 225 Å². The smallest absolute Gasteiger partial charge is 0.124 e. The standard InChI is InChI=1S/C36H23NS/c1-2-12-27(13-3-1)36(28-20-18-24-10-4-5-11-25(24)22-28)31-15-7-6-14-29(31)30-21-19-26(23-32(30)36)35-37-33-16-8-9-17-34(33)38-35/h1-23H. The zero-order valence-corrected chi connectivity index (χ0v) is 21.5. The van der Waals surface area contributed by atoms with Crippen molar-refractivity contribution in [1.82, 2.24) is 4.98 Å². The lowest BCUT2D eigenvalue weighted by atomic mass is 9.67. The van der Waals surface area contributed by atoms with Gasteiger partial charge in [-0.25, -0.2) is 4.98 Å². The molecule has 1 unspecified atom stereocenters. The van der Waals surface area contributed by atoms with Crippen molar-refractivity contribution in [3.63, 3.8) is 0 Å². The fraction of sp³-hybridized carbons (Fsp3) is 0.0278. The molecule has 1 aliphatic rings. The highest BCUT2D eigenvalue weighted by molar-refractivity contribution is 7.21. The SMILES string of the molecule is c1ccc(C2(c3ccc4ccccc4c3)c3ccccc3-c3ccc(-c4nc5ccccc5s4)cc32)cc1. The summed E-state index contributed by atoms with van der Waals surface area (Å²) in [5.41, 5.74) is 9.61. The Balaban J connectivity index is 1.47. The molecule has 0 spiro atoms. The summed E-state index contributed by atoms with van der Waals surface area (Å²) in [5, 5.41) is 3.58. The summed E-state index contributed by atoms with van der Waals surface area (Å²) in [5.74, 6) is 0. The van der Waals surface area contributed by atoms with Gasteiger partial charge in [-0.1, -0.05) is 115 Å². The van der Waals surface area contributed by atoms with Gasteiger partial charge in [0.2, 0.25) is 0 Å². The normalized spacial score (nSPS) is 16.0. The molecule has 0 aliphatic heterocycles. The summed E-state index contributed by atoms with van der Waals surface area (Å²) in [6.07, 6.45) is 0. The maximum atomic E-state index is 5.01. The molecule has 0 saturated heterocycles. The van der Waals surface area contributed by atoms with Gasteiger partial charge in [0.15, 0.2) is 0 Å². The van der Waals surface area contributed by atoms with E-state index in [1.54, 1.807) is 11.3 Å². The molecule has 1 aliphatic carbocycles. The van der Waals surface area contributed by atoms with Gasteiger partial charge < -0.3 is 0 Å². The average Bonchev–Trinajstić information content (AvgIpc) is 3.55. The first-order chi connectivity index (χ1) is 18.8. The molecule has 1 aromatic heterocycles. The van der Waals surface area contributed by atoms with Crippen molar-refractivity contribution in [1.29, 1.82) is 0 Å². The topological polar surface area (TPSA) is 12.9 Å². The van der Waals surface area contributed by atoms with Crippen LogP contribution >= 0.6 is 11.3 Å². The maximum Gasteiger partial charge on any atom is 0.124 e. The Morgan fingerprint density at radius 1 is 0.500 bits per heavy atom. The summed E-state index contributed by atoms with van der Waals surface area (Å²) < 4.78 is 1.22. The number of hydrogen-bond acceptors (Lipinski definition) is 2. The number of nitrogens with zero attached hydrogens (tertiary/aromatic N) is 1. The lowest BCUT2D eigenvalue weighted by Crippen LogP contribution is -2.28. The molecule has 178 valence electrons. The highest BCUT2D eigenvalue weighted by atomic mass is 32.1. The van der Waals surface area contributed by atoms with Crippen molar-refractivity contribution in [3.8, 4) is 21.7 Å². The molecule has 0 bridgehead atoms. The minimum Gasteiger partial charge on any atom is -0.236 e. The first kappa shape index (κ1) is 21.5. The van der Waals surface area contributed by atoms with E-state index in [9.17, 15) is 0 Å². The monoisotopic (exact) mass is 501 g/mol. The van der Waals surface area contributed by atoms with Crippen LogP contribution in [0.5, 0.6) is 0 Å². The third kappa shape index (κ3) is 3.01. The minimum atomic E-state index is -0.427. The quantitative estimate of drug-likeness (QED) is 0.235. The van der Waals surface area contributed by atoms with E-state index in [1.807, 2.05) is 0 Å². The molecule has 0 saturated carbocycles. The Morgan fingerprint density at radius 3 is 2.13 bits per heavy atom. The van der Waals surface area contributed by atoms with Gasteiger partial charge in [-0.2, -0.15) is 0 Å². The number of rotatable bonds is 3. The van der Waals surface area contributed by atoms with Crippen molar-refractivity contribution in [2.45, 2.75) is 5.41 Å². The van der Waals surface area contributed by atoms with Crippen LogP contribution in [0.1, 0.15) is 22.3 Å². The molecule has 1 nitrogen and oxygen atoms in total. The molecule has 6 aromatic carbocycles. The predicted octanol–water partition coefficient (Wildman–Crippen LogP) is 9.48. The van der Waals surface area contributed by atoms with E-state index in [2.05, 4.69) is 140 Å². The van der Waals surface area contributed by atoms with E-state index < -0.39 is 5.41 Å². The second-order valence-corrected chi connectivity index (χ2v) is 11.0. The molecule has 38 heavy (non-hydrogen) atoms. The molecule has 1 heterocycles. The van der Waals surface area contributed by atoms with Gasteiger partial charge in [0.05, 0.1) is 15.6 Å². The molecule has 0 fully saturated rings. The Hall–Kier alpha value is -4.53. The van der Waals surface area contributed by atoms with Crippen LogP contribution in [0, 0.1) is 0 Å². The predicted molar refractivity (Wildman–Crippen MR) is 160 cm³/mol. The molecule has 0 amide bonds. The zero-order valence-electron chi connectivity index (χ0n) is 20.6. The fourth-order valence-corrected chi connectivity index (χ4v) is 7.27. The summed E-state index contributed by atoms with van der Waals surface area (Å²) in [4.78, 5) is 5.01. The summed E-state index contributed by atoms with van der Waals surface area (Å²) in [7, 11) is 0. The second kappa shape index (κ2) is 8.24. The first-order valence-corrected chi connectivity index (χ1v) is 13.8. The van der Waals surface area contributed by atoms with E-state index in [0.717, 1.165) is 10.5 Å². The molecule has 0 radical (unpaired) electrons. The highest BCUT2D eigenvalue weighted by Crippen LogP contribution is 2.57. The van der Waals surface area contributed by atoms with E-state index in [0.29, 0.717) is 0 Å². The molecule has 7 aromatic rings. The number of fused-ring (bicyclic) bond motifs is 5. The fourth-order valence-electron chi connectivity index (χ4n) is 6.31. The Kier molecular flexibility index (Phi) is 4.67. The van der Waals surface area contributed by atoms with Gasteiger partial charge in [0.1, 0.15) is 5.01 Å². The Morgan fingerprint density at radius 2 is 1.24 bits per heavy atom. The summed E-state index contributed by atoms with van der Waals surface area (Å²) in [6, 6.07) is 50.9. The van der Waals surface area contributed by atoms with Crippen LogP contribution in [0.15, 0.2) is 140 Å². The van der Waals surface area contributed by atoms with Crippen LogP contribution in [0.25, 0.3) is 42.7 Å². The van der Waals surface area contributed by atoms with E-state index in [1.165, 1.54) is 54.4 Å². The highest BCUT2D eigenvalue weighted by Gasteiger charge is 2.46. The maximum absolute atomic E-state index is 5.01. The van der Waals surface area contributed by atoms with Crippen LogP contribution in [0.3, 0.4) is 0 Å². The van der Waals surface area contributed by atoms with Crippen molar-refractivity contribution >= 4 is 32.3 Å².